The van der Waals surface area contributed by atoms with Crippen LogP contribution in [0.2, 0.25) is 0 Å². The average Bonchev–Trinajstić information content (AvgIpc) is 2.45. The Morgan fingerprint density at radius 1 is 0.826 bits per heavy atom. The van der Waals surface area contributed by atoms with E-state index in [-0.39, 0.29) is 31.6 Å². The number of rotatable bonds is 2. The number of carbonyl (C=O) groups excluding carboxylic acids is 4. The molecule has 3 rings (SSSR count). The molecule has 0 spiro atoms. The molecule has 2 aliphatic rings. The predicted molar refractivity (Wildman–Crippen MR) is 77.2 cm³/mol. The first kappa shape index (κ1) is 15.4. The van der Waals surface area contributed by atoms with E-state index in [0.717, 1.165) is 11.1 Å². The highest BCUT2D eigenvalue weighted by atomic mass is 16.6. The molecule has 1 aromatic carbocycles. The molecule has 6 nitrogen and oxygen atoms in total. The number of hydrogen-bond acceptors (Lipinski definition) is 6. The van der Waals surface area contributed by atoms with Crippen LogP contribution < -0.4 is 0 Å². The van der Waals surface area contributed by atoms with E-state index in [1.807, 2.05) is 31.2 Å². The van der Waals surface area contributed by atoms with E-state index in [4.69, 9.17) is 0 Å². The fourth-order valence-electron chi connectivity index (χ4n) is 3.18. The Kier molecular flexibility index (Phi) is 3.75. The minimum absolute atomic E-state index is 0.145. The van der Waals surface area contributed by atoms with Crippen molar-refractivity contribution in [3.8, 4) is 0 Å². The molecule has 2 heterocycles. The fourth-order valence-corrected chi connectivity index (χ4v) is 3.18. The zero-order valence-electron chi connectivity index (χ0n) is 12.7. The Labute approximate surface area is 132 Å². The van der Waals surface area contributed by atoms with Crippen LogP contribution in [0.4, 0.5) is 0 Å². The Hall–Kier alpha value is -2.50. The zero-order valence-corrected chi connectivity index (χ0v) is 12.7. The SMILES string of the molecule is CC1(c2ccc(C3CC(=O)OC(=O)C3)cc2)CC(=O)OC(=O)C1. The standard InChI is InChI=1S/C17H16O6/c1-17(8-15(20)23-16(21)9-17)12-4-2-10(3-5-12)11-6-13(18)22-14(19)7-11/h2-5,11H,6-9H2,1H3. The van der Waals surface area contributed by atoms with Gasteiger partial charge in [0.2, 0.25) is 0 Å². The van der Waals surface area contributed by atoms with E-state index < -0.39 is 29.3 Å². The minimum Gasteiger partial charge on any atom is -0.393 e. The molecule has 1 aromatic rings. The molecule has 23 heavy (non-hydrogen) atoms. The second-order valence-corrected chi connectivity index (χ2v) is 6.33. The Balaban J connectivity index is 1.82. The lowest BCUT2D eigenvalue weighted by Gasteiger charge is -2.32. The molecule has 0 amide bonds. The summed E-state index contributed by atoms with van der Waals surface area (Å²) in [5.41, 5.74) is 1.13. The maximum absolute atomic E-state index is 11.5. The fraction of sp³-hybridized carbons (Fsp3) is 0.412. The van der Waals surface area contributed by atoms with E-state index in [0.29, 0.717) is 0 Å². The smallest absolute Gasteiger partial charge is 0.314 e. The highest BCUT2D eigenvalue weighted by molar-refractivity contribution is 5.90. The third-order valence-corrected chi connectivity index (χ3v) is 4.43. The number of benzene rings is 1. The van der Waals surface area contributed by atoms with Crippen molar-refractivity contribution in [2.45, 2.75) is 43.9 Å². The van der Waals surface area contributed by atoms with E-state index in [1.165, 1.54) is 0 Å². The van der Waals surface area contributed by atoms with Crippen molar-refractivity contribution in [3.63, 3.8) is 0 Å². The summed E-state index contributed by atoms with van der Waals surface area (Å²) >= 11 is 0. The highest BCUT2D eigenvalue weighted by Gasteiger charge is 2.39. The summed E-state index contributed by atoms with van der Waals surface area (Å²) in [5.74, 6) is -2.25. The van der Waals surface area contributed by atoms with E-state index >= 15 is 0 Å². The average molecular weight is 316 g/mol. The van der Waals surface area contributed by atoms with Gasteiger partial charge in [0.25, 0.3) is 0 Å². The first-order chi connectivity index (χ1) is 10.9. The molecule has 6 heteroatoms. The Morgan fingerprint density at radius 3 is 1.83 bits per heavy atom. The molecule has 0 radical (unpaired) electrons. The summed E-state index contributed by atoms with van der Waals surface area (Å²) in [6, 6.07) is 7.35. The van der Waals surface area contributed by atoms with Crippen molar-refractivity contribution in [1.82, 2.24) is 0 Å². The van der Waals surface area contributed by atoms with Crippen molar-refractivity contribution < 1.29 is 28.7 Å². The van der Waals surface area contributed by atoms with Gasteiger partial charge in [0.15, 0.2) is 0 Å². The molecule has 2 saturated heterocycles. The summed E-state index contributed by atoms with van der Waals surface area (Å²) in [6.45, 7) is 1.85. The van der Waals surface area contributed by atoms with E-state index in [2.05, 4.69) is 9.47 Å². The summed E-state index contributed by atoms with van der Waals surface area (Å²) < 4.78 is 9.11. The molecule has 0 N–H and O–H groups in total. The molecular weight excluding hydrogens is 300 g/mol. The van der Waals surface area contributed by atoms with Gasteiger partial charge in [-0.3, -0.25) is 19.2 Å². The maximum atomic E-state index is 11.5. The topological polar surface area (TPSA) is 86.7 Å². The molecule has 0 aromatic heterocycles. The van der Waals surface area contributed by atoms with E-state index in [1.54, 1.807) is 0 Å². The van der Waals surface area contributed by atoms with Crippen molar-refractivity contribution in [2.24, 2.45) is 0 Å². The van der Waals surface area contributed by atoms with Gasteiger partial charge >= 0.3 is 23.9 Å². The first-order valence-corrected chi connectivity index (χ1v) is 7.43. The van der Waals surface area contributed by atoms with E-state index in [9.17, 15) is 19.2 Å². The van der Waals surface area contributed by atoms with Crippen molar-refractivity contribution in [3.05, 3.63) is 35.4 Å². The molecule has 120 valence electrons. The van der Waals surface area contributed by atoms with Gasteiger partial charge in [-0.15, -0.1) is 0 Å². The van der Waals surface area contributed by atoms with Crippen LogP contribution in [0.1, 0.15) is 49.7 Å². The lowest BCUT2D eigenvalue weighted by atomic mass is 9.75. The molecule has 0 bridgehead atoms. The van der Waals surface area contributed by atoms with Gasteiger partial charge in [-0.2, -0.15) is 0 Å². The van der Waals surface area contributed by atoms with Gasteiger partial charge in [0.1, 0.15) is 0 Å². The van der Waals surface area contributed by atoms with Crippen LogP contribution in [0.5, 0.6) is 0 Å². The Bertz CT molecular complexity index is 656. The Morgan fingerprint density at radius 2 is 1.30 bits per heavy atom. The summed E-state index contributed by atoms with van der Waals surface area (Å²) in [5, 5.41) is 0. The quantitative estimate of drug-likeness (QED) is 0.610. The highest BCUT2D eigenvalue weighted by Crippen LogP contribution is 2.36. The molecule has 0 aliphatic carbocycles. The third-order valence-electron chi connectivity index (χ3n) is 4.43. The van der Waals surface area contributed by atoms with Crippen LogP contribution in [0.25, 0.3) is 0 Å². The first-order valence-electron chi connectivity index (χ1n) is 7.43. The van der Waals surface area contributed by atoms with Gasteiger partial charge in [-0.25, -0.2) is 0 Å². The molecular formula is C17H16O6. The normalized spacial score (nSPS) is 21.8. The number of hydrogen-bond donors (Lipinski definition) is 0. The second-order valence-electron chi connectivity index (χ2n) is 6.33. The van der Waals surface area contributed by atoms with Crippen LogP contribution in [0.15, 0.2) is 24.3 Å². The van der Waals surface area contributed by atoms with Crippen LogP contribution in [0.3, 0.4) is 0 Å². The number of cyclic esters (lactones) is 4. The van der Waals surface area contributed by atoms with Crippen molar-refractivity contribution in [2.75, 3.05) is 0 Å². The zero-order chi connectivity index (χ0) is 16.6. The van der Waals surface area contributed by atoms with Crippen LogP contribution in [-0.2, 0) is 34.1 Å². The van der Waals surface area contributed by atoms with Gasteiger partial charge in [-0.1, -0.05) is 31.2 Å². The van der Waals surface area contributed by atoms with Gasteiger partial charge in [0.05, 0.1) is 25.7 Å². The monoisotopic (exact) mass is 316 g/mol. The third kappa shape index (κ3) is 3.16. The van der Waals surface area contributed by atoms with Crippen LogP contribution in [0, 0.1) is 0 Å². The maximum Gasteiger partial charge on any atom is 0.314 e. The van der Waals surface area contributed by atoms with Crippen molar-refractivity contribution >= 4 is 23.9 Å². The molecule has 0 unspecified atom stereocenters. The second kappa shape index (κ2) is 5.61. The van der Waals surface area contributed by atoms with Crippen molar-refractivity contribution in [1.29, 1.82) is 0 Å². The van der Waals surface area contributed by atoms with Crippen LogP contribution in [-0.4, -0.2) is 23.9 Å². The number of carbonyl (C=O) groups is 4. The lowest BCUT2D eigenvalue weighted by molar-refractivity contribution is -0.167. The number of ether oxygens (including phenoxy) is 2. The molecule has 0 atom stereocenters. The summed E-state index contributed by atoms with van der Waals surface area (Å²) in [7, 11) is 0. The lowest BCUT2D eigenvalue weighted by Crippen LogP contribution is -2.36. The number of esters is 4. The summed E-state index contributed by atoms with van der Waals surface area (Å²) in [4.78, 5) is 45.8. The molecule has 0 saturated carbocycles. The molecule has 2 aliphatic heterocycles. The molecule has 2 fully saturated rings. The predicted octanol–water partition coefficient (Wildman–Crippen LogP) is 1.76. The van der Waals surface area contributed by atoms with Gasteiger partial charge in [0, 0.05) is 11.3 Å². The van der Waals surface area contributed by atoms with Crippen LogP contribution >= 0.6 is 0 Å². The largest absolute Gasteiger partial charge is 0.393 e. The van der Waals surface area contributed by atoms with Gasteiger partial charge < -0.3 is 9.47 Å². The minimum atomic E-state index is -0.591. The summed E-state index contributed by atoms with van der Waals surface area (Å²) in [6.07, 6.45) is 0.638. The van der Waals surface area contributed by atoms with Gasteiger partial charge in [-0.05, 0) is 11.1 Å².